The van der Waals surface area contributed by atoms with E-state index in [1.54, 1.807) is 30.3 Å². The van der Waals surface area contributed by atoms with E-state index in [-0.39, 0.29) is 11.6 Å². The highest BCUT2D eigenvalue weighted by Gasteiger charge is 2.52. The number of ketones is 2. The highest BCUT2D eigenvalue weighted by molar-refractivity contribution is 9.10. The van der Waals surface area contributed by atoms with Gasteiger partial charge in [-0.25, -0.2) is 0 Å². The van der Waals surface area contributed by atoms with E-state index in [1.807, 2.05) is 18.2 Å². The second-order valence-electron chi connectivity index (χ2n) is 4.37. The molecule has 0 N–H and O–H groups in total. The van der Waals surface area contributed by atoms with Crippen LogP contribution in [0.15, 0.2) is 53.0 Å². The first-order valence-corrected chi connectivity index (χ1v) is 7.27. The Morgan fingerprint density at radius 3 is 2.16 bits per heavy atom. The first-order chi connectivity index (χ1) is 9.05. The minimum atomic E-state index is -1.28. The van der Waals surface area contributed by atoms with Gasteiger partial charge in [0.1, 0.15) is 0 Å². The van der Waals surface area contributed by atoms with Crippen LogP contribution in [0.1, 0.15) is 26.3 Å². The van der Waals surface area contributed by atoms with Crippen molar-refractivity contribution < 1.29 is 9.59 Å². The van der Waals surface area contributed by atoms with Gasteiger partial charge in [-0.3, -0.25) is 9.59 Å². The maximum absolute atomic E-state index is 12.6. The number of carbonyl (C=O) groups excluding carboxylic acids is 2. The van der Waals surface area contributed by atoms with E-state index in [1.165, 1.54) is 0 Å². The summed E-state index contributed by atoms with van der Waals surface area (Å²) in [6, 6.07) is 14.2. The van der Waals surface area contributed by atoms with Crippen molar-refractivity contribution in [3.8, 4) is 0 Å². The number of halogens is 2. The minimum absolute atomic E-state index is 0.203. The number of Topliss-reactive ketones (excluding diaryl/α,β-unsaturated/α-hetero) is 2. The lowest BCUT2D eigenvalue weighted by molar-refractivity contribution is 0.0871. The van der Waals surface area contributed by atoms with Crippen molar-refractivity contribution in [3.63, 3.8) is 0 Å². The fourth-order valence-corrected chi connectivity index (χ4v) is 3.36. The molecule has 1 aliphatic carbocycles. The highest BCUT2D eigenvalue weighted by Crippen LogP contribution is 2.44. The van der Waals surface area contributed by atoms with Crippen LogP contribution in [-0.4, -0.2) is 11.6 Å². The Labute approximate surface area is 127 Å². The molecule has 0 amide bonds. The first-order valence-electron chi connectivity index (χ1n) is 5.68. The number of alkyl halides is 1. The molecule has 4 heteroatoms. The molecule has 1 atom stereocenters. The van der Waals surface area contributed by atoms with E-state index < -0.39 is 4.32 Å². The average molecular weight is 380 g/mol. The van der Waals surface area contributed by atoms with E-state index in [2.05, 4.69) is 31.9 Å². The Balaban J connectivity index is 2.23. The molecule has 2 aromatic rings. The molecule has 0 bridgehead atoms. The van der Waals surface area contributed by atoms with Crippen LogP contribution in [0.3, 0.4) is 0 Å². The minimum Gasteiger partial charge on any atom is -0.292 e. The van der Waals surface area contributed by atoms with Crippen molar-refractivity contribution in [1.82, 2.24) is 0 Å². The summed E-state index contributed by atoms with van der Waals surface area (Å²) in [5, 5.41) is 0. The monoisotopic (exact) mass is 378 g/mol. The molecule has 0 saturated carbocycles. The van der Waals surface area contributed by atoms with Crippen LogP contribution in [0.2, 0.25) is 0 Å². The van der Waals surface area contributed by atoms with E-state index in [0.29, 0.717) is 16.7 Å². The van der Waals surface area contributed by atoms with Crippen LogP contribution in [0.4, 0.5) is 0 Å². The Morgan fingerprint density at radius 1 is 0.842 bits per heavy atom. The fourth-order valence-electron chi connectivity index (χ4n) is 2.31. The molecular weight excluding hydrogens is 372 g/mol. The third kappa shape index (κ3) is 1.74. The molecule has 0 radical (unpaired) electrons. The first kappa shape index (κ1) is 12.8. The number of hydrogen-bond acceptors (Lipinski definition) is 2. The maximum Gasteiger partial charge on any atom is 0.192 e. The summed E-state index contributed by atoms with van der Waals surface area (Å²) in [5.74, 6) is -0.411. The van der Waals surface area contributed by atoms with Gasteiger partial charge in [0.2, 0.25) is 0 Å². The summed E-state index contributed by atoms with van der Waals surface area (Å²) in [4.78, 5) is 25.2. The Morgan fingerprint density at radius 2 is 1.47 bits per heavy atom. The maximum atomic E-state index is 12.6. The fraction of sp³-hybridized carbons (Fsp3) is 0.0667. The molecule has 2 nitrogen and oxygen atoms in total. The van der Waals surface area contributed by atoms with Crippen LogP contribution in [-0.2, 0) is 4.32 Å². The zero-order valence-electron chi connectivity index (χ0n) is 9.69. The molecule has 0 aliphatic heterocycles. The lowest BCUT2D eigenvalue weighted by atomic mass is 9.94. The molecule has 0 fully saturated rings. The van der Waals surface area contributed by atoms with Gasteiger partial charge < -0.3 is 0 Å². The molecular formula is C15H8Br2O2. The predicted molar refractivity (Wildman–Crippen MR) is 79.9 cm³/mol. The molecule has 19 heavy (non-hydrogen) atoms. The predicted octanol–water partition coefficient (Wildman–Crippen LogP) is 4.12. The van der Waals surface area contributed by atoms with E-state index in [9.17, 15) is 9.59 Å². The van der Waals surface area contributed by atoms with Gasteiger partial charge in [0, 0.05) is 15.6 Å². The molecule has 0 spiro atoms. The summed E-state index contributed by atoms with van der Waals surface area (Å²) >= 11 is 6.70. The summed E-state index contributed by atoms with van der Waals surface area (Å²) in [6.45, 7) is 0. The summed E-state index contributed by atoms with van der Waals surface area (Å²) in [5.41, 5.74) is 1.59. The number of rotatable bonds is 1. The largest absolute Gasteiger partial charge is 0.292 e. The molecule has 0 aromatic heterocycles. The third-order valence-corrected chi connectivity index (χ3v) is 4.94. The second kappa shape index (κ2) is 4.39. The molecule has 94 valence electrons. The van der Waals surface area contributed by atoms with Crippen molar-refractivity contribution >= 4 is 43.4 Å². The summed E-state index contributed by atoms with van der Waals surface area (Å²) < 4.78 is -0.491. The second-order valence-corrected chi connectivity index (χ2v) is 6.48. The topological polar surface area (TPSA) is 34.1 Å². The lowest BCUT2D eigenvalue weighted by Gasteiger charge is -2.18. The Kier molecular flexibility index (Phi) is 2.95. The molecule has 1 aliphatic rings. The van der Waals surface area contributed by atoms with E-state index in [0.717, 1.165) is 4.47 Å². The molecule has 2 aromatic carbocycles. The van der Waals surface area contributed by atoms with Crippen molar-refractivity contribution in [1.29, 1.82) is 0 Å². The van der Waals surface area contributed by atoms with Crippen LogP contribution in [0, 0.1) is 0 Å². The molecule has 3 rings (SSSR count). The molecule has 0 heterocycles. The van der Waals surface area contributed by atoms with Crippen molar-refractivity contribution in [2.45, 2.75) is 4.32 Å². The number of carbonyl (C=O) groups is 2. The number of hydrogen-bond donors (Lipinski definition) is 0. The van der Waals surface area contributed by atoms with E-state index in [4.69, 9.17) is 0 Å². The Hall–Kier alpha value is -1.26. The SMILES string of the molecule is O=C1c2ccc(Br)cc2C(=O)C1(Br)c1ccccc1. The lowest BCUT2D eigenvalue weighted by Crippen LogP contribution is -2.31. The average Bonchev–Trinajstić information content (AvgIpc) is 2.63. The van der Waals surface area contributed by atoms with Gasteiger partial charge in [0.05, 0.1) is 0 Å². The standard InChI is InChI=1S/C15H8Br2O2/c16-10-6-7-11-12(8-10)14(19)15(17,13(11)18)9-4-2-1-3-5-9/h1-8H. The van der Waals surface area contributed by atoms with Crippen LogP contribution < -0.4 is 0 Å². The van der Waals surface area contributed by atoms with Gasteiger partial charge in [0.25, 0.3) is 0 Å². The third-order valence-electron chi connectivity index (χ3n) is 3.27. The number of benzene rings is 2. The van der Waals surface area contributed by atoms with Crippen LogP contribution in [0.25, 0.3) is 0 Å². The van der Waals surface area contributed by atoms with Crippen LogP contribution >= 0.6 is 31.9 Å². The Bertz CT molecular complexity index is 695. The van der Waals surface area contributed by atoms with Gasteiger partial charge in [-0.2, -0.15) is 0 Å². The molecule has 1 unspecified atom stereocenters. The zero-order chi connectivity index (χ0) is 13.6. The van der Waals surface area contributed by atoms with Crippen molar-refractivity contribution in [2.24, 2.45) is 0 Å². The van der Waals surface area contributed by atoms with Gasteiger partial charge in [-0.05, 0) is 23.8 Å². The van der Waals surface area contributed by atoms with Gasteiger partial charge in [0.15, 0.2) is 15.9 Å². The van der Waals surface area contributed by atoms with Crippen molar-refractivity contribution in [3.05, 3.63) is 69.7 Å². The van der Waals surface area contributed by atoms with E-state index >= 15 is 0 Å². The van der Waals surface area contributed by atoms with Gasteiger partial charge >= 0.3 is 0 Å². The number of fused-ring (bicyclic) bond motifs is 1. The molecule has 0 saturated heterocycles. The smallest absolute Gasteiger partial charge is 0.192 e. The van der Waals surface area contributed by atoms with Crippen LogP contribution in [0.5, 0.6) is 0 Å². The van der Waals surface area contributed by atoms with Gasteiger partial charge in [-0.15, -0.1) is 0 Å². The highest BCUT2D eigenvalue weighted by atomic mass is 79.9. The zero-order valence-corrected chi connectivity index (χ0v) is 12.9. The summed E-state index contributed by atoms with van der Waals surface area (Å²) in [7, 11) is 0. The van der Waals surface area contributed by atoms with Gasteiger partial charge in [-0.1, -0.05) is 62.2 Å². The quantitative estimate of drug-likeness (QED) is 0.551. The summed E-state index contributed by atoms with van der Waals surface area (Å²) in [6.07, 6.45) is 0. The normalized spacial score (nSPS) is 21.6. The van der Waals surface area contributed by atoms with Crippen molar-refractivity contribution in [2.75, 3.05) is 0 Å².